The van der Waals surface area contributed by atoms with Crippen molar-refractivity contribution in [3.8, 4) is 11.8 Å². The van der Waals surface area contributed by atoms with E-state index in [0.29, 0.717) is 0 Å². The summed E-state index contributed by atoms with van der Waals surface area (Å²) in [7, 11) is 0. The number of nitrogens with one attached hydrogen (secondary N) is 1. The quantitative estimate of drug-likeness (QED) is 0.612. The van der Waals surface area contributed by atoms with Crippen LogP contribution < -0.4 is 5.32 Å². The first-order valence-electron chi connectivity index (χ1n) is 3.36. The molecule has 0 aromatic heterocycles. The number of hydrogen-bond acceptors (Lipinski definition) is 2. The van der Waals surface area contributed by atoms with Gasteiger partial charge in [0.2, 0.25) is 5.91 Å². The van der Waals surface area contributed by atoms with Crippen molar-refractivity contribution >= 4 is 5.91 Å². The lowest BCUT2D eigenvalue weighted by Crippen LogP contribution is -2.28. The molecule has 0 rings (SSSR count). The zero-order valence-corrected chi connectivity index (χ0v) is 6.61. The molecule has 2 N–H and O–H groups in total. The lowest BCUT2D eigenvalue weighted by molar-refractivity contribution is -0.153. The second-order valence-corrected chi connectivity index (χ2v) is 2.08. The van der Waals surface area contributed by atoms with Gasteiger partial charge in [0.1, 0.15) is 13.0 Å². The number of hydrogen-bond donors (Lipinski definition) is 2. The molecule has 0 aliphatic carbocycles. The second kappa shape index (κ2) is 5.43. The van der Waals surface area contributed by atoms with Gasteiger partial charge in [-0.3, -0.25) is 4.79 Å². The molecule has 0 bridgehead atoms. The van der Waals surface area contributed by atoms with Crippen LogP contribution in [0.4, 0.5) is 13.2 Å². The standard InChI is InChI=1S/C7H8F3NO2/c8-7(9,10)5-6(13)11-3-1-2-4-12/h12H,3-5H2,(H,11,13). The third-order valence-corrected chi connectivity index (χ3v) is 0.939. The third-order valence-electron chi connectivity index (χ3n) is 0.939. The molecular formula is C7H8F3NO2. The summed E-state index contributed by atoms with van der Waals surface area (Å²) in [5.74, 6) is 3.30. The molecule has 0 heterocycles. The summed E-state index contributed by atoms with van der Waals surface area (Å²) in [5, 5.41) is 10.1. The molecule has 0 fully saturated rings. The SMILES string of the molecule is O=C(CC(F)(F)F)NCC#CCO. The van der Waals surface area contributed by atoms with E-state index in [4.69, 9.17) is 5.11 Å². The molecule has 0 unspecified atom stereocenters. The van der Waals surface area contributed by atoms with Gasteiger partial charge in [-0.25, -0.2) is 0 Å². The van der Waals surface area contributed by atoms with Gasteiger partial charge >= 0.3 is 6.18 Å². The van der Waals surface area contributed by atoms with Crippen molar-refractivity contribution in [3.05, 3.63) is 0 Å². The van der Waals surface area contributed by atoms with Gasteiger partial charge in [0, 0.05) is 0 Å². The fraction of sp³-hybridized carbons (Fsp3) is 0.571. The first-order valence-corrected chi connectivity index (χ1v) is 3.36. The van der Waals surface area contributed by atoms with Gasteiger partial charge in [-0.2, -0.15) is 13.2 Å². The van der Waals surface area contributed by atoms with Crippen molar-refractivity contribution in [2.75, 3.05) is 13.2 Å². The highest BCUT2D eigenvalue weighted by molar-refractivity contribution is 5.76. The van der Waals surface area contributed by atoms with Gasteiger partial charge < -0.3 is 10.4 Å². The number of rotatable bonds is 2. The van der Waals surface area contributed by atoms with Crippen molar-refractivity contribution in [2.24, 2.45) is 0 Å². The van der Waals surface area contributed by atoms with Crippen LogP contribution >= 0.6 is 0 Å². The van der Waals surface area contributed by atoms with Crippen LogP contribution in [-0.2, 0) is 4.79 Å². The van der Waals surface area contributed by atoms with Crippen LogP contribution in [0.1, 0.15) is 6.42 Å². The second-order valence-electron chi connectivity index (χ2n) is 2.08. The summed E-state index contributed by atoms with van der Waals surface area (Å²) in [4.78, 5) is 10.5. The van der Waals surface area contributed by atoms with Crippen LogP contribution in [0.3, 0.4) is 0 Å². The third kappa shape index (κ3) is 8.69. The first kappa shape index (κ1) is 11.8. The minimum Gasteiger partial charge on any atom is -0.384 e. The van der Waals surface area contributed by atoms with Crippen molar-refractivity contribution in [1.29, 1.82) is 0 Å². The summed E-state index contributed by atoms with van der Waals surface area (Å²) in [5.41, 5.74) is 0. The fourth-order valence-electron chi connectivity index (χ4n) is 0.506. The smallest absolute Gasteiger partial charge is 0.384 e. The highest BCUT2D eigenvalue weighted by Crippen LogP contribution is 2.18. The molecule has 0 saturated carbocycles. The number of alkyl halides is 3. The predicted molar refractivity (Wildman–Crippen MR) is 38.5 cm³/mol. The maximum absolute atomic E-state index is 11.5. The minimum absolute atomic E-state index is 0.185. The highest BCUT2D eigenvalue weighted by atomic mass is 19.4. The Morgan fingerprint density at radius 2 is 2.00 bits per heavy atom. The topological polar surface area (TPSA) is 49.3 Å². The average molecular weight is 195 g/mol. The maximum Gasteiger partial charge on any atom is 0.397 e. The Kier molecular flexibility index (Phi) is 4.92. The van der Waals surface area contributed by atoms with E-state index in [2.05, 4.69) is 11.8 Å². The normalized spacial score (nSPS) is 10.2. The van der Waals surface area contributed by atoms with Crippen LogP contribution in [0.2, 0.25) is 0 Å². The zero-order chi connectivity index (χ0) is 10.3. The summed E-state index contributed by atoms with van der Waals surface area (Å²) in [6.45, 7) is -0.565. The predicted octanol–water partition coefficient (Wildman–Crippen LogP) is 0.0507. The number of carbonyl (C=O) groups excluding carboxylic acids is 1. The maximum atomic E-state index is 11.5. The van der Waals surface area contributed by atoms with Gasteiger partial charge in [-0.1, -0.05) is 11.8 Å². The summed E-state index contributed by atoms with van der Waals surface area (Å²) < 4.78 is 34.6. The number of halogens is 3. The van der Waals surface area contributed by atoms with Crippen LogP contribution in [0.25, 0.3) is 0 Å². The molecule has 0 aromatic carbocycles. The Morgan fingerprint density at radius 3 is 2.46 bits per heavy atom. The van der Waals surface area contributed by atoms with E-state index in [-0.39, 0.29) is 13.2 Å². The monoisotopic (exact) mass is 195 g/mol. The fourth-order valence-corrected chi connectivity index (χ4v) is 0.506. The lowest BCUT2D eigenvalue weighted by atomic mass is 10.4. The van der Waals surface area contributed by atoms with E-state index in [1.807, 2.05) is 5.32 Å². The van der Waals surface area contributed by atoms with Crippen LogP contribution in [0.5, 0.6) is 0 Å². The molecule has 13 heavy (non-hydrogen) atoms. The molecule has 3 nitrogen and oxygen atoms in total. The van der Waals surface area contributed by atoms with Crippen molar-refractivity contribution in [2.45, 2.75) is 12.6 Å². The molecular weight excluding hydrogens is 187 g/mol. The molecule has 0 spiro atoms. The Morgan fingerprint density at radius 1 is 1.38 bits per heavy atom. The van der Waals surface area contributed by atoms with Crippen molar-refractivity contribution in [1.82, 2.24) is 5.32 Å². The Hall–Kier alpha value is -1.22. The number of aliphatic hydroxyl groups is 1. The molecule has 1 amide bonds. The number of amides is 1. The Bertz CT molecular complexity index is 226. The Balaban J connectivity index is 3.64. The molecule has 0 aliphatic rings. The summed E-state index contributed by atoms with van der Waals surface area (Å²) >= 11 is 0. The molecule has 0 aromatic rings. The van der Waals surface area contributed by atoms with Crippen LogP contribution in [0.15, 0.2) is 0 Å². The minimum atomic E-state index is -4.49. The van der Waals surface area contributed by atoms with E-state index in [9.17, 15) is 18.0 Å². The summed E-state index contributed by atoms with van der Waals surface area (Å²) in [6.07, 6.45) is -6.00. The average Bonchev–Trinajstić information content (AvgIpc) is 1.94. The zero-order valence-electron chi connectivity index (χ0n) is 6.61. The van der Waals surface area contributed by atoms with Crippen LogP contribution in [0, 0.1) is 11.8 Å². The first-order chi connectivity index (χ1) is 5.95. The van der Waals surface area contributed by atoms with Gasteiger partial charge in [0.15, 0.2) is 0 Å². The summed E-state index contributed by atoms with van der Waals surface area (Å²) in [6, 6.07) is 0. The van der Waals surface area contributed by atoms with E-state index >= 15 is 0 Å². The van der Waals surface area contributed by atoms with E-state index in [0.717, 1.165) is 0 Å². The lowest BCUT2D eigenvalue weighted by Gasteiger charge is -2.04. The molecule has 0 atom stereocenters. The highest BCUT2D eigenvalue weighted by Gasteiger charge is 2.30. The van der Waals surface area contributed by atoms with Crippen molar-refractivity contribution in [3.63, 3.8) is 0 Å². The number of carbonyl (C=O) groups is 1. The van der Waals surface area contributed by atoms with E-state index in [1.54, 1.807) is 0 Å². The molecule has 0 saturated heterocycles. The molecule has 74 valence electrons. The van der Waals surface area contributed by atoms with Gasteiger partial charge in [-0.05, 0) is 0 Å². The molecule has 6 heteroatoms. The van der Waals surface area contributed by atoms with Gasteiger partial charge in [0.05, 0.1) is 6.54 Å². The van der Waals surface area contributed by atoms with E-state index < -0.39 is 18.5 Å². The van der Waals surface area contributed by atoms with Crippen LogP contribution in [-0.4, -0.2) is 30.3 Å². The van der Waals surface area contributed by atoms with Gasteiger partial charge in [-0.15, -0.1) is 0 Å². The van der Waals surface area contributed by atoms with Crippen molar-refractivity contribution < 1.29 is 23.1 Å². The largest absolute Gasteiger partial charge is 0.397 e. The molecule has 0 aliphatic heterocycles. The molecule has 0 radical (unpaired) electrons. The Labute approximate surface area is 72.9 Å². The van der Waals surface area contributed by atoms with E-state index in [1.165, 1.54) is 0 Å². The number of aliphatic hydroxyl groups excluding tert-OH is 1. The van der Waals surface area contributed by atoms with Gasteiger partial charge in [0.25, 0.3) is 0 Å².